The number of amides is 3. The van der Waals surface area contributed by atoms with Crippen molar-refractivity contribution in [2.45, 2.75) is 78.8 Å². The summed E-state index contributed by atoms with van der Waals surface area (Å²) < 4.78 is 0. The van der Waals surface area contributed by atoms with Crippen LogP contribution >= 0.6 is 0 Å². The smallest absolute Gasteiger partial charge is 0.243 e. The molecule has 29 heavy (non-hydrogen) atoms. The average molecular weight is 448 g/mol. The largest absolute Gasteiger partial charge is 0.347 e. The van der Waals surface area contributed by atoms with Gasteiger partial charge in [0, 0.05) is 33.9 Å². The molecule has 1 aliphatic heterocycles. The Morgan fingerprint density at radius 2 is 1.72 bits per heavy atom. The van der Waals surface area contributed by atoms with Crippen LogP contribution in [-0.2, 0) is 32.9 Å². The maximum atomic E-state index is 12.4. The van der Waals surface area contributed by atoms with Crippen molar-refractivity contribution in [3.05, 3.63) is 0 Å². The molecule has 7 nitrogen and oxygen atoms in total. The molecule has 167 valence electrons. The molecule has 1 saturated heterocycles. The Labute approximate surface area is 190 Å². The molecule has 3 amide bonds. The summed E-state index contributed by atoms with van der Waals surface area (Å²) in [4.78, 5) is 37.8. The number of likely N-dealkylation sites (tertiary alicyclic amines) is 1. The molecule has 0 spiro atoms. The summed E-state index contributed by atoms with van der Waals surface area (Å²) in [6, 6.07) is 1.11. The quantitative estimate of drug-likeness (QED) is 0.626. The van der Waals surface area contributed by atoms with Crippen LogP contribution in [0.15, 0.2) is 0 Å². The van der Waals surface area contributed by atoms with Crippen molar-refractivity contribution in [2.75, 3.05) is 13.1 Å². The van der Waals surface area contributed by atoms with Crippen molar-refractivity contribution in [3.8, 4) is 6.07 Å². The fourth-order valence-corrected chi connectivity index (χ4v) is 2.90. The Morgan fingerprint density at radius 3 is 2.21 bits per heavy atom. The van der Waals surface area contributed by atoms with Gasteiger partial charge in [-0.2, -0.15) is 5.26 Å². The van der Waals surface area contributed by atoms with Crippen LogP contribution < -0.4 is 10.6 Å². The number of nitriles is 1. The van der Waals surface area contributed by atoms with Gasteiger partial charge < -0.3 is 15.5 Å². The predicted molar refractivity (Wildman–Crippen MR) is 112 cm³/mol. The van der Waals surface area contributed by atoms with Gasteiger partial charge in [0.25, 0.3) is 0 Å². The van der Waals surface area contributed by atoms with Crippen molar-refractivity contribution in [3.63, 3.8) is 0 Å². The second-order valence-electron chi connectivity index (χ2n) is 8.72. The molecule has 1 radical (unpaired) electrons. The number of nitrogens with zero attached hydrogens (tertiary/aromatic N) is 2. The summed E-state index contributed by atoms with van der Waals surface area (Å²) in [5, 5.41) is 14.5. The SMILES string of the molecule is CC(C)C.CC(C)C(=O)NCC(=O)N1CCC[C@H]1C(=O)NC(C#N)CC1CC1.[HH].[HH].[V]. The Bertz CT molecular complexity index is 593. The Kier molecular flexibility index (Phi) is 12.9. The third-order valence-corrected chi connectivity index (χ3v) is 4.55. The molecule has 0 aromatic heterocycles. The predicted octanol–water partition coefficient (Wildman–Crippen LogP) is 2.71. The molecule has 2 rings (SSSR count). The fourth-order valence-electron chi connectivity index (χ4n) is 2.90. The van der Waals surface area contributed by atoms with Crippen molar-refractivity contribution in [1.29, 1.82) is 5.26 Å². The van der Waals surface area contributed by atoms with Crippen LogP contribution in [0, 0.1) is 29.1 Å². The van der Waals surface area contributed by atoms with Crippen LogP contribution in [-0.4, -0.2) is 47.8 Å². The zero-order chi connectivity index (χ0) is 21.3. The first kappa shape index (κ1) is 27.5. The van der Waals surface area contributed by atoms with Gasteiger partial charge in [-0.05, 0) is 31.1 Å². The molecule has 2 N–H and O–H groups in total. The summed E-state index contributed by atoms with van der Waals surface area (Å²) >= 11 is 0. The maximum absolute atomic E-state index is 12.4. The molecule has 0 aromatic rings. The van der Waals surface area contributed by atoms with Crippen LogP contribution in [0.1, 0.15) is 69.6 Å². The number of rotatable bonds is 7. The topological polar surface area (TPSA) is 102 Å². The molecule has 1 saturated carbocycles. The monoisotopic (exact) mass is 447 g/mol. The van der Waals surface area contributed by atoms with Crippen LogP contribution in [0.25, 0.3) is 0 Å². The van der Waals surface area contributed by atoms with E-state index in [2.05, 4.69) is 37.5 Å². The third kappa shape index (κ3) is 10.7. The van der Waals surface area contributed by atoms with Gasteiger partial charge in [-0.15, -0.1) is 0 Å². The normalized spacial score (nSPS) is 18.8. The number of hydrogen-bond donors (Lipinski definition) is 2. The zero-order valence-electron chi connectivity index (χ0n) is 18.4. The first-order valence-electron chi connectivity index (χ1n) is 10.4. The summed E-state index contributed by atoms with van der Waals surface area (Å²) in [6.07, 6.45) is 4.28. The van der Waals surface area contributed by atoms with Gasteiger partial charge in [0.15, 0.2) is 0 Å². The average Bonchev–Trinajstić information content (AvgIpc) is 3.29. The first-order valence-corrected chi connectivity index (χ1v) is 10.4. The Balaban J connectivity index is -0.00000103. The second kappa shape index (κ2) is 13.7. The standard InChI is InChI=1S/C17H26N4O3.C4H10.V.2H2/c1-11(2)16(23)19-10-15(22)21-7-3-4-14(21)17(24)20-13(9-18)8-12-5-6-12;1-4(2)3;;;/h11-14H,3-8,10H2,1-2H3,(H,19,23)(H,20,24);4H,1-3H3;;2*1H/t13?,14-;;;;/m0..../s1. The van der Waals surface area contributed by atoms with Gasteiger partial charge in [-0.25, -0.2) is 0 Å². The number of hydrogen-bond acceptors (Lipinski definition) is 4. The maximum Gasteiger partial charge on any atom is 0.243 e. The van der Waals surface area contributed by atoms with Gasteiger partial charge in [0.2, 0.25) is 17.7 Å². The molecule has 1 aliphatic carbocycles. The van der Waals surface area contributed by atoms with Crippen LogP contribution in [0.3, 0.4) is 0 Å². The van der Waals surface area contributed by atoms with Crippen LogP contribution in [0.2, 0.25) is 0 Å². The van der Waals surface area contributed by atoms with E-state index >= 15 is 0 Å². The van der Waals surface area contributed by atoms with Crippen molar-refractivity contribution < 1.29 is 35.8 Å². The molecule has 2 atom stereocenters. The minimum atomic E-state index is -0.538. The molecule has 8 heteroatoms. The zero-order valence-corrected chi connectivity index (χ0v) is 19.8. The van der Waals surface area contributed by atoms with Gasteiger partial charge in [-0.3, -0.25) is 14.4 Å². The van der Waals surface area contributed by atoms with Gasteiger partial charge >= 0.3 is 0 Å². The summed E-state index contributed by atoms with van der Waals surface area (Å²) in [7, 11) is 0. The van der Waals surface area contributed by atoms with Crippen molar-refractivity contribution in [1.82, 2.24) is 15.5 Å². The van der Waals surface area contributed by atoms with E-state index in [0.29, 0.717) is 25.3 Å². The van der Waals surface area contributed by atoms with Crippen LogP contribution in [0.4, 0.5) is 0 Å². The second-order valence-corrected chi connectivity index (χ2v) is 8.72. The van der Waals surface area contributed by atoms with E-state index in [9.17, 15) is 19.6 Å². The van der Waals surface area contributed by atoms with E-state index in [1.807, 2.05) is 0 Å². The van der Waals surface area contributed by atoms with Crippen LogP contribution in [0.5, 0.6) is 0 Å². The van der Waals surface area contributed by atoms with E-state index in [4.69, 9.17) is 0 Å². The molecular weight excluding hydrogens is 407 g/mol. The molecule has 2 aliphatic rings. The Hall–Kier alpha value is -1.52. The minimum absolute atomic E-state index is 0. The third-order valence-electron chi connectivity index (χ3n) is 4.55. The molecule has 1 unspecified atom stereocenters. The minimum Gasteiger partial charge on any atom is -0.347 e. The van der Waals surface area contributed by atoms with E-state index in [0.717, 1.165) is 25.2 Å². The number of carbonyl (C=O) groups excluding carboxylic acids is 3. The number of carbonyl (C=O) groups is 3. The van der Waals surface area contributed by atoms with E-state index in [1.54, 1.807) is 13.8 Å². The Morgan fingerprint density at radius 1 is 1.14 bits per heavy atom. The van der Waals surface area contributed by atoms with Crippen molar-refractivity contribution in [2.24, 2.45) is 17.8 Å². The van der Waals surface area contributed by atoms with Gasteiger partial charge in [0.05, 0.1) is 12.6 Å². The molecular formula is C21H40N4O3V. The van der Waals surface area contributed by atoms with Gasteiger partial charge in [-0.1, -0.05) is 47.5 Å². The summed E-state index contributed by atoms with van der Waals surface area (Å²) in [6.45, 7) is 10.4. The van der Waals surface area contributed by atoms with Gasteiger partial charge in [0.1, 0.15) is 12.1 Å². The van der Waals surface area contributed by atoms with E-state index < -0.39 is 12.1 Å². The number of nitrogens with one attached hydrogen (secondary N) is 2. The molecule has 0 bridgehead atoms. The summed E-state index contributed by atoms with van der Waals surface area (Å²) in [5.74, 6) is 0.495. The molecule has 2 fully saturated rings. The first-order chi connectivity index (χ1) is 13.1. The fraction of sp³-hybridized carbons (Fsp3) is 0.810. The summed E-state index contributed by atoms with van der Waals surface area (Å²) in [5.41, 5.74) is 0. The molecule has 0 aromatic carbocycles. The van der Waals surface area contributed by atoms with Crippen molar-refractivity contribution >= 4 is 17.7 Å². The van der Waals surface area contributed by atoms with E-state index in [-0.39, 0.29) is 51.6 Å². The van der Waals surface area contributed by atoms with E-state index in [1.165, 1.54) is 4.90 Å². The molecule has 1 heterocycles.